The fourth-order valence-corrected chi connectivity index (χ4v) is 3.83. The molecule has 158 valence electrons. The van der Waals surface area contributed by atoms with E-state index >= 15 is 0 Å². The molecular formula is C22H28N6O2. The standard InChI is InChI=1S/C22H28N6O2/c1-25-10-12-26(13-11-25)19-7-5-18(6-8-19)24-21(29)22(30)28-16-14-27(15-17-28)20-4-2-3-9-23-20/h2-9H,10-17H2,1H3,(H,24,29). The Labute approximate surface area is 177 Å². The summed E-state index contributed by atoms with van der Waals surface area (Å²) in [5.41, 5.74) is 1.77. The van der Waals surface area contributed by atoms with Crippen LogP contribution in [0.25, 0.3) is 0 Å². The normalized spacial score (nSPS) is 17.7. The van der Waals surface area contributed by atoms with Crippen LogP contribution in [0, 0.1) is 0 Å². The van der Waals surface area contributed by atoms with Gasteiger partial charge in [0.1, 0.15) is 5.82 Å². The van der Waals surface area contributed by atoms with E-state index in [1.807, 2.05) is 42.5 Å². The maximum atomic E-state index is 12.6. The third kappa shape index (κ3) is 4.71. The maximum Gasteiger partial charge on any atom is 0.313 e. The van der Waals surface area contributed by atoms with Crippen LogP contribution in [0.2, 0.25) is 0 Å². The van der Waals surface area contributed by atoms with Crippen molar-refractivity contribution in [2.75, 3.05) is 74.5 Å². The van der Waals surface area contributed by atoms with E-state index in [2.05, 4.69) is 32.0 Å². The van der Waals surface area contributed by atoms with Crippen molar-refractivity contribution < 1.29 is 9.59 Å². The summed E-state index contributed by atoms with van der Waals surface area (Å²) < 4.78 is 0. The van der Waals surface area contributed by atoms with Gasteiger partial charge in [-0.05, 0) is 43.4 Å². The third-order valence-electron chi connectivity index (χ3n) is 5.73. The second kappa shape index (κ2) is 9.13. The fraction of sp³-hybridized carbons (Fsp3) is 0.409. The van der Waals surface area contributed by atoms with E-state index in [4.69, 9.17) is 0 Å². The molecule has 0 radical (unpaired) electrons. The van der Waals surface area contributed by atoms with Crippen LogP contribution in [-0.4, -0.2) is 86.0 Å². The van der Waals surface area contributed by atoms with Gasteiger partial charge < -0.3 is 24.9 Å². The number of piperazine rings is 2. The van der Waals surface area contributed by atoms with Gasteiger partial charge in [-0.3, -0.25) is 9.59 Å². The predicted molar refractivity (Wildman–Crippen MR) is 118 cm³/mol. The molecule has 2 aliphatic heterocycles. The Kier molecular flexibility index (Phi) is 6.13. The van der Waals surface area contributed by atoms with Gasteiger partial charge in [0.05, 0.1) is 0 Å². The van der Waals surface area contributed by atoms with Crippen LogP contribution in [0.4, 0.5) is 17.2 Å². The zero-order chi connectivity index (χ0) is 20.9. The quantitative estimate of drug-likeness (QED) is 0.768. The summed E-state index contributed by atoms with van der Waals surface area (Å²) in [4.78, 5) is 37.7. The number of hydrogen-bond acceptors (Lipinski definition) is 6. The minimum Gasteiger partial charge on any atom is -0.369 e. The predicted octanol–water partition coefficient (Wildman–Crippen LogP) is 1.12. The number of pyridine rings is 1. The molecule has 1 aromatic heterocycles. The summed E-state index contributed by atoms with van der Waals surface area (Å²) in [6.45, 7) is 6.40. The number of nitrogens with one attached hydrogen (secondary N) is 1. The highest BCUT2D eigenvalue weighted by molar-refractivity contribution is 6.39. The lowest BCUT2D eigenvalue weighted by Crippen LogP contribution is -2.51. The lowest BCUT2D eigenvalue weighted by atomic mass is 10.2. The zero-order valence-electron chi connectivity index (χ0n) is 17.3. The molecular weight excluding hydrogens is 380 g/mol. The van der Waals surface area contributed by atoms with Crippen molar-refractivity contribution in [3.05, 3.63) is 48.7 Å². The number of likely N-dealkylation sites (N-methyl/N-ethyl adjacent to an activating group) is 1. The molecule has 3 heterocycles. The number of anilines is 3. The molecule has 1 aromatic carbocycles. The van der Waals surface area contributed by atoms with Gasteiger partial charge in [-0.2, -0.15) is 0 Å². The summed E-state index contributed by atoms with van der Waals surface area (Å²) >= 11 is 0. The number of carbonyl (C=O) groups is 2. The number of nitrogens with zero attached hydrogens (tertiary/aromatic N) is 5. The first-order valence-corrected chi connectivity index (χ1v) is 10.4. The van der Waals surface area contributed by atoms with E-state index in [9.17, 15) is 9.59 Å². The maximum absolute atomic E-state index is 12.6. The van der Waals surface area contributed by atoms with Crippen molar-refractivity contribution in [3.63, 3.8) is 0 Å². The van der Waals surface area contributed by atoms with Gasteiger partial charge >= 0.3 is 11.8 Å². The molecule has 30 heavy (non-hydrogen) atoms. The van der Waals surface area contributed by atoms with E-state index in [0.717, 1.165) is 37.7 Å². The van der Waals surface area contributed by atoms with Crippen LogP contribution >= 0.6 is 0 Å². The van der Waals surface area contributed by atoms with Crippen molar-refractivity contribution in [3.8, 4) is 0 Å². The Bertz CT molecular complexity index is 857. The summed E-state index contributed by atoms with van der Waals surface area (Å²) in [5.74, 6) is -0.179. The molecule has 2 aromatic rings. The van der Waals surface area contributed by atoms with Crippen molar-refractivity contribution >= 4 is 29.0 Å². The average molecular weight is 409 g/mol. The van der Waals surface area contributed by atoms with Crippen LogP contribution < -0.4 is 15.1 Å². The van der Waals surface area contributed by atoms with E-state index in [1.165, 1.54) is 0 Å². The number of hydrogen-bond donors (Lipinski definition) is 1. The summed E-state index contributed by atoms with van der Waals surface area (Å²) in [6, 6.07) is 13.5. The molecule has 2 amide bonds. The zero-order valence-corrected chi connectivity index (χ0v) is 17.3. The van der Waals surface area contributed by atoms with E-state index < -0.39 is 11.8 Å². The van der Waals surface area contributed by atoms with Gasteiger partial charge in [0.15, 0.2) is 0 Å². The smallest absolute Gasteiger partial charge is 0.313 e. The molecule has 2 aliphatic rings. The molecule has 0 atom stereocenters. The molecule has 0 saturated carbocycles. The van der Waals surface area contributed by atoms with Crippen LogP contribution in [0.1, 0.15) is 0 Å². The van der Waals surface area contributed by atoms with Crippen molar-refractivity contribution in [1.29, 1.82) is 0 Å². The Morgan fingerprint density at radius 1 is 0.833 bits per heavy atom. The summed E-state index contributed by atoms with van der Waals surface area (Å²) in [5, 5.41) is 2.74. The van der Waals surface area contributed by atoms with Crippen molar-refractivity contribution in [2.24, 2.45) is 0 Å². The summed E-state index contributed by atoms with van der Waals surface area (Å²) in [7, 11) is 2.13. The van der Waals surface area contributed by atoms with Crippen molar-refractivity contribution in [2.45, 2.75) is 0 Å². The van der Waals surface area contributed by atoms with Crippen LogP contribution in [0.3, 0.4) is 0 Å². The molecule has 0 aliphatic carbocycles. The molecule has 2 fully saturated rings. The molecule has 0 spiro atoms. The van der Waals surface area contributed by atoms with Crippen LogP contribution in [-0.2, 0) is 9.59 Å². The van der Waals surface area contributed by atoms with Gasteiger partial charge in [0.2, 0.25) is 0 Å². The monoisotopic (exact) mass is 408 g/mol. The van der Waals surface area contributed by atoms with Crippen molar-refractivity contribution in [1.82, 2.24) is 14.8 Å². The number of benzene rings is 1. The van der Waals surface area contributed by atoms with Gasteiger partial charge in [-0.1, -0.05) is 6.07 Å². The third-order valence-corrected chi connectivity index (χ3v) is 5.73. The molecule has 1 N–H and O–H groups in total. The number of amides is 2. The molecule has 0 unspecified atom stereocenters. The lowest BCUT2D eigenvalue weighted by molar-refractivity contribution is -0.143. The lowest BCUT2D eigenvalue weighted by Gasteiger charge is -2.35. The second-order valence-corrected chi connectivity index (χ2v) is 7.76. The first-order chi connectivity index (χ1) is 14.6. The van der Waals surface area contributed by atoms with E-state index in [1.54, 1.807) is 11.1 Å². The molecule has 4 rings (SSSR count). The largest absolute Gasteiger partial charge is 0.369 e. The Balaban J connectivity index is 1.28. The first-order valence-electron chi connectivity index (χ1n) is 10.4. The van der Waals surface area contributed by atoms with Crippen LogP contribution in [0.15, 0.2) is 48.7 Å². The van der Waals surface area contributed by atoms with Gasteiger partial charge in [-0.15, -0.1) is 0 Å². The molecule has 8 nitrogen and oxygen atoms in total. The Morgan fingerprint density at radius 2 is 1.50 bits per heavy atom. The van der Waals surface area contributed by atoms with Gasteiger partial charge in [0.25, 0.3) is 0 Å². The van der Waals surface area contributed by atoms with E-state index in [-0.39, 0.29) is 0 Å². The highest BCUT2D eigenvalue weighted by Gasteiger charge is 2.26. The SMILES string of the molecule is CN1CCN(c2ccc(NC(=O)C(=O)N3CCN(c4ccccn4)CC3)cc2)CC1. The Hall–Kier alpha value is -3.13. The van der Waals surface area contributed by atoms with Gasteiger partial charge in [0, 0.05) is 69.9 Å². The average Bonchev–Trinajstić information content (AvgIpc) is 2.80. The minimum absolute atomic E-state index is 0.487. The highest BCUT2D eigenvalue weighted by atomic mass is 16.2. The van der Waals surface area contributed by atoms with Crippen LogP contribution in [0.5, 0.6) is 0 Å². The first kappa shape index (κ1) is 20.2. The highest BCUT2D eigenvalue weighted by Crippen LogP contribution is 2.19. The molecule has 0 bridgehead atoms. The van der Waals surface area contributed by atoms with Gasteiger partial charge in [-0.25, -0.2) is 4.98 Å². The Morgan fingerprint density at radius 3 is 2.13 bits per heavy atom. The fourth-order valence-electron chi connectivity index (χ4n) is 3.83. The second-order valence-electron chi connectivity index (χ2n) is 7.76. The van der Waals surface area contributed by atoms with E-state index in [0.29, 0.717) is 31.9 Å². The minimum atomic E-state index is -0.589. The molecule has 8 heteroatoms. The topological polar surface area (TPSA) is 72.0 Å². The number of rotatable bonds is 3. The molecule has 2 saturated heterocycles. The number of aromatic nitrogens is 1. The summed E-state index contributed by atoms with van der Waals surface area (Å²) in [6.07, 6.45) is 1.76. The number of carbonyl (C=O) groups excluding carboxylic acids is 2.